The Kier molecular flexibility index (Phi) is 6.79. The Morgan fingerprint density at radius 2 is 2.30 bits per heavy atom. The molecule has 1 unspecified atom stereocenters. The van der Waals surface area contributed by atoms with Crippen molar-refractivity contribution in [1.82, 2.24) is 30.7 Å². The predicted molar refractivity (Wildman–Crippen MR) is 89.2 cm³/mol. The van der Waals surface area contributed by atoms with Crippen LogP contribution in [0.3, 0.4) is 0 Å². The summed E-state index contributed by atoms with van der Waals surface area (Å²) in [6.07, 6.45) is 6.33. The SMILES string of the molecule is CSc1ccnc(NCC(C)CNC(=O)CCc2cn[nH]n2)n1. The average Bonchev–Trinajstić information content (AvgIpc) is 3.10. The number of aromatic nitrogens is 5. The number of carbonyl (C=O) groups excluding carboxylic acids is 1. The van der Waals surface area contributed by atoms with Crippen molar-refractivity contribution in [2.45, 2.75) is 24.8 Å². The molecule has 2 aromatic rings. The Bertz CT molecular complexity index is 605. The third-order valence-corrected chi connectivity index (χ3v) is 3.81. The van der Waals surface area contributed by atoms with Crippen molar-refractivity contribution < 1.29 is 4.79 Å². The van der Waals surface area contributed by atoms with E-state index in [1.54, 1.807) is 24.2 Å². The monoisotopic (exact) mass is 335 g/mol. The smallest absolute Gasteiger partial charge is 0.223 e. The molecular formula is C14H21N7OS. The van der Waals surface area contributed by atoms with Crippen LogP contribution in [-0.4, -0.2) is 50.6 Å². The van der Waals surface area contributed by atoms with E-state index in [0.717, 1.165) is 10.7 Å². The Hall–Kier alpha value is -2.16. The van der Waals surface area contributed by atoms with Crippen molar-refractivity contribution in [2.75, 3.05) is 24.7 Å². The lowest BCUT2D eigenvalue weighted by Gasteiger charge is -2.13. The number of nitrogens with zero attached hydrogens (tertiary/aromatic N) is 4. The van der Waals surface area contributed by atoms with E-state index in [-0.39, 0.29) is 11.8 Å². The van der Waals surface area contributed by atoms with Crippen LogP contribution in [0.5, 0.6) is 0 Å². The Balaban J connectivity index is 1.64. The summed E-state index contributed by atoms with van der Waals surface area (Å²) in [5.74, 6) is 0.897. The van der Waals surface area contributed by atoms with E-state index in [1.807, 2.05) is 12.3 Å². The standard InChI is InChI=1S/C14H21N7OS/c1-10(8-17-14-15-6-5-13(19-14)23-2)7-16-12(22)4-3-11-9-18-21-20-11/h5-6,9-10H,3-4,7-8H2,1-2H3,(H,16,22)(H,15,17,19)(H,18,20,21). The van der Waals surface area contributed by atoms with Gasteiger partial charge in [0.15, 0.2) is 0 Å². The highest BCUT2D eigenvalue weighted by Gasteiger charge is 2.08. The summed E-state index contributed by atoms with van der Waals surface area (Å²) in [5.41, 5.74) is 0.792. The molecule has 0 aliphatic carbocycles. The summed E-state index contributed by atoms with van der Waals surface area (Å²) < 4.78 is 0. The molecule has 0 radical (unpaired) electrons. The summed E-state index contributed by atoms with van der Waals surface area (Å²) >= 11 is 1.58. The number of hydrogen-bond acceptors (Lipinski definition) is 7. The maximum absolute atomic E-state index is 11.8. The summed E-state index contributed by atoms with van der Waals surface area (Å²) in [7, 11) is 0. The van der Waals surface area contributed by atoms with Gasteiger partial charge in [0.25, 0.3) is 0 Å². The second-order valence-electron chi connectivity index (χ2n) is 5.17. The second-order valence-corrected chi connectivity index (χ2v) is 6.00. The van der Waals surface area contributed by atoms with Crippen LogP contribution >= 0.6 is 11.8 Å². The zero-order chi connectivity index (χ0) is 16.5. The number of hydrogen-bond donors (Lipinski definition) is 3. The van der Waals surface area contributed by atoms with Gasteiger partial charge >= 0.3 is 0 Å². The lowest BCUT2D eigenvalue weighted by molar-refractivity contribution is -0.121. The van der Waals surface area contributed by atoms with Crippen LogP contribution in [0.4, 0.5) is 5.95 Å². The van der Waals surface area contributed by atoms with E-state index in [0.29, 0.717) is 31.9 Å². The number of rotatable bonds is 9. The molecule has 0 bridgehead atoms. The van der Waals surface area contributed by atoms with Gasteiger partial charge in [0.2, 0.25) is 11.9 Å². The van der Waals surface area contributed by atoms with Gasteiger partial charge in [0.1, 0.15) is 5.03 Å². The quantitative estimate of drug-likeness (QED) is 0.465. The molecule has 2 rings (SSSR count). The largest absolute Gasteiger partial charge is 0.356 e. The molecule has 0 spiro atoms. The molecular weight excluding hydrogens is 314 g/mol. The minimum Gasteiger partial charge on any atom is -0.356 e. The topological polar surface area (TPSA) is 108 Å². The second kappa shape index (κ2) is 9.09. The van der Waals surface area contributed by atoms with Gasteiger partial charge in [-0.1, -0.05) is 6.92 Å². The maximum Gasteiger partial charge on any atom is 0.223 e. The molecule has 0 aliphatic heterocycles. The molecule has 8 nitrogen and oxygen atoms in total. The van der Waals surface area contributed by atoms with Crippen molar-refractivity contribution in [3.05, 3.63) is 24.2 Å². The number of aryl methyl sites for hydroxylation is 1. The third kappa shape index (κ3) is 6.23. The number of aromatic amines is 1. The fourth-order valence-electron chi connectivity index (χ4n) is 1.84. The van der Waals surface area contributed by atoms with E-state index in [9.17, 15) is 4.79 Å². The lowest BCUT2D eigenvalue weighted by Crippen LogP contribution is -2.31. The number of thioether (sulfide) groups is 1. The van der Waals surface area contributed by atoms with E-state index in [2.05, 4.69) is 42.9 Å². The van der Waals surface area contributed by atoms with Crippen LogP contribution < -0.4 is 10.6 Å². The molecule has 0 saturated carbocycles. The van der Waals surface area contributed by atoms with Gasteiger partial charge < -0.3 is 10.6 Å². The first-order chi connectivity index (χ1) is 11.2. The van der Waals surface area contributed by atoms with Gasteiger partial charge in [0.05, 0.1) is 11.9 Å². The van der Waals surface area contributed by atoms with E-state index in [1.165, 1.54) is 0 Å². The summed E-state index contributed by atoms with van der Waals surface area (Å²) in [4.78, 5) is 20.3. The first-order valence-corrected chi connectivity index (χ1v) is 8.62. The van der Waals surface area contributed by atoms with E-state index < -0.39 is 0 Å². The van der Waals surface area contributed by atoms with Crippen LogP contribution in [0, 0.1) is 5.92 Å². The van der Waals surface area contributed by atoms with Crippen LogP contribution in [0.15, 0.2) is 23.5 Å². The van der Waals surface area contributed by atoms with Crippen molar-refractivity contribution in [3.63, 3.8) is 0 Å². The molecule has 0 fully saturated rings. The van der Waals surface area contributed by atoms with Gasteiger partial charge in [-0.15, -0.1) is 11.8 Å². The molecule has 2 heterocycles. The Morgan fingerprint density at radius 1 is 1.43 bits per heavy atom. The van der Waals surface area contributed by atoms with Gasteiger partial charge in [-0.25, -0.2) is 9.97 Å². The molecule has 9 heteroatoms. The van der Waals surface area contributed by atoms with Gasteiger partial charge in [0, 0.05) is 32.1 Å². The summed E-state index contributed by atoms with van der Waals surface area (Å²) in [6, 6.07) is 1.87. The highest BCUT2D eigenvalue weighted by Crippen LogP contribution is 2.11. The number of carbonyl (C=O) groups is 1. The van der Waals surface area contributed by atoms with Crippen LogP contribution in [0.25, 0.3) is 0 Å². The van der Waals surface area contributed by atoms with Crippen LogP contribution in [0.1, 0.15) is 19.0 Å². The maximum atomic E-state index is 11.8. The number of amides is 1. The fourth-order valence-corrected chi connectivity index (χ4v) is 2.22. The van der Waals surface area contributed by atoms with Gasteiger partial charge in [-0.05, 0) is 18.2 Å². The normalized spacial score (nSPS) is 11.9. The molecule has 1 amide bonds. The van der Waals surface area contributed by atoms with Crippen molar-refractivity contribution >= 4 is 23.6 Å². The van der Waals surface area contributed by atoms with E-state index >= 15 is 0 Å². The molecule has 0 aromatic carbocycles. The molecule has 1 atom stereocenters. The molecule has 3 N–H and O–H groups in total. The molecule has 0 aliphatic rings. The predicted octanol–water partition coefficient (Wildman–Crippen LogP) is 1.11. The minimum absolute atomic E-state index is 0.0143. The molecule has 2 aromatic heterocycles. The number of anilines is 1. The van der Waals surface area contributed by atoms with Crippen molar-refractivity contribution in [2.24, 2.45) is 5.92 Å². The van der Waals surface area contributed by atoms with Crippen molar-refractivity contribution in [3.8, 4) is 0 Å². The lowest BCUT2D eigenvalue weighted by atomic mass is 10.1. The number of nitrogens with one attached hydrogen (secondary N) is 3. The van der Waals surface area contributed by atoms with Crippen LogP contribution in [0.2, 0.25) is 0 Å². The van der Waals surface area contributed by atoms with Crippen LogP contribution in [-0.2, 0) is 11.2 Å². The fraction of sp³-hybridized carbons (Fsp3) is 0.500. The number of H-pyrrole nitrogens is 1. The Morgan fingerprint density at radius 3 is 3.04 bits per heavy atom. The van der Waals surface area contributed by atoms with Crippen molar-refractivity contribution in [1.29, 1.82) is 0 Å². The summed E-state index contributed by atoms with van der Waals surface area (Å²) in [6.45, 7) is 3.36. The zero-order valence-corrected chi connectivity index (χ0v) is 14.1. The highest BCUT2D eigenvalue weighted by atomic mass is 32.2. The zero-order valence-electron chi connectivity index (χ0n) is 13.2. The van der Waals surface area contributed by atoms with Gasteiger partial charge in [-0.3, -0.25) is 4.79 Å². The average molecular weight is 335 g/mol. The van der Waals surface area contributed by atoms with E-state index in [4.69, 9.17) is 0 Å². The minimum atomic E-state index is 0.0143. The molecule has 124 valence electrons. The first kappa shape index (κ1) is 17.2. The molecule has 23 heavy (non-hydrogen) atoms. The van der Waals surface area contributed by atoms with Gasteiger partial charge in [-0.2, -0.15) is 15.4 Å². The molecule has 0 saturated heterocycles. The summed E-state index contributed by atoms with van der Waals surface area (Å²) in [5, 5.41) is 17.2. The highest BCUT2D eigenvalue weighted by molar-refractivity contribution is 7.98. The Labute approximate surface area is 139 Å². The third-order valence-electron chi connectivity index (χ3n) is 3.17. The first-order valence-electron chi connectivity index (χ1n) is 7.39.